The second-order valence-electron chi connectivity index (χ2n) is 4.52. The monoisotopic (exact) mass is 287 g/mol. The van der Waals surface area contributed by atoms with Gasteiger partial charge in [0.2, 0.25) is 0 Å². The van der Waals surface area contributed by atoms with Crippen LogP contribution >= 0.6 is 11.6 Å². The Kier molecular flexibility index (Phi) is 3.52. The average molecular weight is 288 g/mol. The first-order valence-electron chi connectivity index (χ1n) is 6.29. The Labute approximate surface area is 121 Å². The van der Waals surface area contributed by atoms with Gasteiger partial charge >= 0.3 is 0 Å². The molecule has 0 aliphatic carbocycles. The van der Waals surface area contributed by atoms with Crippen molar-refractivity contribution in [3.8, 4) is 0 Å². The number of nitrogens with one attached hydrogen (secondary N) is 1. The highest BCUT2D eigenvalue weighted by Crippen LogP contribution is 2.21. The molecule has 0 saturated carbocycles. The molecule has 6 heteroatoms. The molecular formula is C14H14ClN5. The summed E-state index contributed by atoms with van der Waals surface area (Å²) in [4.78, 5) is 8.87. The third-order valence-electron chi connectivity index (χ3n) is 2.99. The van der Waals surface area contributed by atoms with Crippen molar-refractivity contribution in [2.24, 2.45) is 7.05 Å². The third-order valence-corrected chi connectivity index (χ3v) is 3.23. The van der Waals surface area contributed by atoms with E-state index in [4.69, 9.17) is 11.6 Å². The van der Waals surface area contributed by atoms with Gasteiger partial charge in [-0.3, -0.25) is 4.68 Å². The summed E-state index contributed by atoms with van der Waals surface area (Å²) in [5.74, 6) is 1.72. The number of benzene rings is 1. The van der Waals surface area contributed by atoms with Gasteiger partial charge in [-0.1, -0.05) is 12.1 Å². The summed E-state index contributed by atoms with van der Waals surface area (Å²) in [6.07, 6.45) is 3.80. The number of aryl methyl sites for hydroxylation is 1. The number of anilines is 1. The van der Waals surface area contributed by atoms with Crippen LogP contribution in [-0.2, 0) is 19.5 Å². The lowest BCUT2D eigenvalue weighted by Crippen LogP contribution is -2.04. The van der Waals surface area contributed by atoms with Gasteiger partial charge in [0.05, 0.1) is 17.6 Å². The summed E-state index contributed by atoms with van der Waals surface area (Å²) in [5, 5.41) is 8.47. The molecule has 1 N–H and O–H groups in total. The molecule has 0 unspecified atom stereocenters. The van der Waals surface area contributed by atoms with Crippen LogP contribution in [0.15, 0.2) is 36.7 Å². The van der Waals surface area contributed by atoms with Crippen molar-refractivity contribution >= 4 is 28.3 Å². The Hall–Kier alpha value is -2.14. The van der Waals surface area contributed by atoms with Gasteiger partial charge in [-0.15, -0.1) is 11.6 Å². The molecule has 0 radical (unpaired) electrons. The van der Waals surface area contributed by atoms with Crippen LogP contribution in [-0.4, -0.2) is 19.7 Å². The highest BCUT2D eigenvalue weighted by atomic mass is 35.5. The first-order chi connectivity index (χ1) is 9.76. The lowest BCUT2D eigenvalue weighted by molar-refractivity contribution is 0.767. The van der Waals surface area contributed by atoms with E-state index in [1.807, 2.05) is 43.7 Å². The Morgan fingerprint density at radius 3 is 2.85 bits per heavy atom. The minimum atomic E-state index is 0.298. The number of para-hydroxylation sites is 1. The molecule has 2 aromatic heterocycles. The van der Waals surface area contributed by atoms with Crippen molar-refractivity contribution in [1.82, 2.24) is 19.7 Å². The van der Waals surface area contributed by atoms with E-state index in [0.717, 1.165) is 22.3 Å². The van der Waals surface area contributed by atoms with E-state index in [9.17, 15) is 0 Å². The molecule has 1 aromatic carbocycles. The highest BCUT2D eigenvalue weighted by Gasteiger charge is 2.07. The van der Waals surface area contributed by atoms with Crippen LogP contribution in [0.4, 0.5) is 5.82 Å². The van der Waals surface area contributed by atoms with E-state index in [1.165, 1.54) is 0 Å². The number of nitrogens with zero attached hydrogens (tertiary/aromatic N) is 4. The summed E-state index contributed by atoms with van der Waals surface area (Å²) in [5.41, 5.74) is 1.99. The van der Waals surface area contributed by atoms with Crippen LogP contribution < -0.4 is 5.32 Å². The Morgan fingerprint density at radius 2 is 2.10 bits per heavy atom. The topological polar surface area (TPSA) is 55.6 Å². The van der Waals surface area contributed by atoms with Gasteiger partial charge in [-0.25, -0.2) is 9.97 Å². The number of alkyl halides is 1. The molecule has 5 nitrogen and oxygen atoms in total. The van der Waals surface area contributed by atoms with Crippen LogP contribution in [0.5, 0.6) is 0 Å². The van der Waals surface area contributed by atoms with Crippen LogP contribution in [0.25, 0.3) is 10.9 Å². The Bertz CT molecular complexity index is 737. The smallest absolute Gasteiger partial charge is 0.146 e. The molecule has 3 rings (SSSR count). The van der Waals surface area contributed by atoms with Crippen molar-refractivity contribution in [2.45, 2.75) is 12.4 Å². The van der Waals surface area contributed by atoms with Crippen molar-refractivity contribution in [2.75, 3.05) is 5.32 Å². The number of aromatic nitrogens is 4. The maximum absolute atomic E-state index is 5.85. The Balaban J connectivity index is 1.93. The zero-order chi connectivity index (χ0) is 13.9. The van der Waals surface area contributed by atoms with Crippen molar-refractivity contribution in [3.05, 3.63) is 48.0 Å². The number of hydrogen-bond donors (Lipinski definition) is 1. The van der Waals surface area contributed by atoms with Crippen molar-refractivity contribution < 1.29 is 0 Å². The van der Waals surface area contributed by atoms with Gasteiger partial charge in [-0.05, 0) is 12.1 Å². The molecule has 102 valence electrons. The molecule has 0 bridgehead atoms. The summed E-state index contributed by atoms with van der Waals surface area (Å²) >= 11 is 5.85. The molecule has 0 amide bonds. The highest BCUT2D eigenvalue weighted by molar-refractivity contribution is 6.16. The number of hydrogen-bond acceptors (Lipinski definition) is 4. The molecule has 0 atom stereocenters. The van der Waals surface area contributed by atoms with E-state index in [0.29, 0.717) is 18.2 Å². The fourth-order valence-electron chi connectivity index (χ4n) is 2.07. The second kappa shape index (κ2) is 5.46. The van der Waals surface area contributed by atoms with Crippen molar-refractivity contribution in [3.63, 3.8) is 0 Å². The van der Waals surface area contributed by atoms with Gasteiger partial charge in [0.25, 0.3) is 0 Å². The molecular weight excluding hydrogens is 274 g/mol. The lowest BCUT2D eigenvalue weighted by Gasteiger charge is -2.09. The molecule has 2 heterocycles. The van der Waals surface area contributed by atoms with E-state index < -0.39 is 0 Å². The third kappa shape index (κ3) is 2.58. The van der Waals surface area contributed by atoms with Crippen LogP contribution in [0.2, 0.25) is 0 Å². The molecule has 0 fully saturated rings. The van der Waals surface area contributed by atoms with Gasteiger partial charge < -0.3 is 5.32 Å². The second-order valence-corrected chi connectivity index (χ2v) is 4.78. The standard InChI is InChI=1S/C14H14ClN5/c1-20-9-10(8-17-20)7-16-14-11-4-2-3-5-12(11)18-13(6-15)19-14/h2-5,8-9H,6-7H2,1H3,(H,16,18,19). The summed E-state index contributed by atoms with van der Waals surface area (Å²) < 4.78 is 1.78. The number of rotatable bonds is 4. The SMILES string of the molecule is Cn1cc(CNc2nc(CCl)nc3ccccc23)cn1. The Morgan fingerprint density at radius 1 is 1.25 bits per heavy atom. The predicted octanol–water partition coefficient (Wildman–Crippen LogP) is 2.71. The number of fused-ring (bicyclic) bond motifs is 1. The fourth-order valence-corrected chi connectivity index (χ4v) is 2.19. The maximum Gasteiger partial charge on any atom is 0.146 e. The zero-order valence-electron chi connectivity index (χ0n) is 11.0. The molecule has 0 spiro atoms. The van der Waals surface area contributed by atoms with Gasteiger partial charge in [-0.2, -0.15) is 5.10 Å². The largest absolute Gasteiger partial charge is 0.365 e. The van der Waals surface area contributed by atoms with Gasteiger partial charge in [0.1, 0.15) is 11.6 Å². The van der Waals surface area contributed by atoms with Gasteiger partial charge in [0, 0.05) is 30.7 Å². The minimum absolute atomic E-state index is 0.298. The maximum atomic E-state index is 5.85. The molecule has 3 aromatic rings. The first kappa shape index (κ1) is 12.9. The first-order valence-corrected chi connectivity index (χ1v) is 6.83. The van der Waals surface area contributed by atoms with E-state index in [2.05, 4.69) is 20.4 Å². The van der Waals surface area contributed by atoms with Crippen molar-refractivity contribution in [1.29, 1.82) is 0 Å². The zero-order valence-corrected chi connectivity index (χ0v) is 11.8. The van der Waals surface area contributed by atoms with E-state index in [1.54, 1.807) is 4.68 Å². The summed E-state index contributed by atoms with van der Waals surface area (Å²) in [6.45, 7) is 0.663. The minimum Gasteiger partial charge on any atom is -0.365 e. The average Bonchev–Trinajstić information content (AvgIpc) is 2.90. The lowest BCUT2D eigenvalue weighted by atomic mass is 10.2. The van der Waals surface area contributed by atoms with E-state index >= 15 is 0 Å². The normalized spacial score (nSPS) is 10.9. The molecule has 0 saturated heterocycles. The fraction of sp³-hybridized carbons (Fsp3) is 0.214. The van der Waals surface area contributed by atoms with Gasteiger partial charge in [0.15, 0.2) is 0 Å². The number of halogens is 1. The predicted molar refractivity (Wildman–Crippen MR) is 79.6 cm³/mol. The molecule has 20 heavy (non-hydrogen) atoms. The van der Waals surface area contributed by atoms with Crippen LogP contribution in [0.3, 0.4) is 0 Å². The van der Waals surface area contributed by atoms with Crippen LogP contribution in [0.1, 0.15) is 11.4 Å². The summed E-state index contributed by atoms with van der Waals surface area (Å²) in [6, 6.07) is 7.89. The molecule has 0 aliphatic rings. The molecule has 0 aliphatic heterocycles. The van der Waals surface area contributed by atoms with E-state index in [-0.39, 0.29) is 0 Å². The quantitative estimate of drug-likeness (QED) is 0.750. The summed E-state index contributed by atoms with van der Waals surface area (Å²) in [7, 11) is 1.90. The van der Waals surface area contributed by atoms with Crippen LogP contribution in [0, 0.1) is 0 Å².